The number of benzene rings is 3. The molecular weight excluding hydrogens is 358 g/mol. The summed E-state index contributed by atoms with van der Waals surface area (Å²) in [6.07, 6.45) is 1.01. The van der Waals surface area contributed by atoms with Crippen LogP contribution < -0.4 is 10.2 Å². The monoisotopic (exact) mass is 381 g/mol. The Hall–Kier alpha value is -3.37. The molecule has 1 saturated heterocycles. The fourth-order valence-electron chi connectivity index (χ4n) is 4.25. The zero-order valence-electron chi connectivity index (χ0n) is 16.2. The Morgan fingerprint density at radius 2 is 1.41 bits per heavy atom. The Morgan fingerprint density at radius 1 is 0.759 bits per heavy atom. The summed E-state index contributed by atoms with van der Waals surface area (Å²) in [6.45, 7) is 3.62. The number of nitrogens with one attached hydrogen (secondary N) is 1. The van der Waals surface area contributed by atoms with Crippen LogP contribution in [-0.2, 0) is 0 Å². The maximum Gasteiger partial charge on any atom is 0.154 e. The van der Waals surface area contributed by atoms with Crippen LogP contribution in [0.4, 0.5) is 5.82 Å². The highest BCUT2D eigenvalue weighted by Gasteiger charge is 2.23. The summed E-state index contributed by atoms with van der Waals surface area (Å²) in [5, 5.41) is 4.40. The number of aromatic nitrogens is 1. The van der Waals surface area contributed by atoms with E-state index >= 15 is 0 Å². The summed E-state index contributed by atoms with van der Waals surface area (Å²) >= 11 is 0. The number of piperazine rings is 1. The van der Waals surface area contributed by atoms with Crippen molar-refractivity contribution in [2.75, 3.05) is 31.1 Å². The van der Waals surface area contributed by atoms with Crippen LogP contribution in [0.25, 0.3) is 27.7 Å². The topological polar surface area (TPSA) is 37.3 Å². The number of carbonyl (C=O) groups excluding carboxylic acids is 1. The first-order valence-corrected chi connectivity index (χ1v) is 10.1. The van der Waals surface area contributed by atoms with E-state index in [1.54, 1.807) is 0 Å². The van der Waals surface area contributed by atoms with Crippen LogP contribution in [0.15, 0.2) is 78.9 Å². The minimum atomic E-state index is 0.773. The van der Waals surface area contributed by atoms with Gasteiger partial charge in [-0.2, -0.15) is 0 Å². The van der Waals surface area contributed by atoms with Crippen LogP contribution >= 0.6 is 0 Å². The fourth-order valence-corrected chi connectivity index (χ4v) is 4.25. The molecular formula is C25H23N3O. The van der Waals surface area contributed by atoms with Gasteiger partial charge in [0.25, 0.3) is 0 Å². The van der Waals surface area contributed by atoms with Gasteiger partial charge in [0.15, 0.2) is 6.29 Å². The van der Waals surface area contributed by atoms with Crippen molar-refractivity contribution in [3.63, 3.8) is 0 Å². The van der Waals surface area contributed by atoms with Gasteiger partial charge in [0.05, 0.1) is 11.1 Å². The largest absolute Gasteiger partial charge is 0.355 e. The first-order valence-electron chi connectivity index (χ1n) is 10.1. The maximum atomic E-state index is 12.1. The molecule has 1 fully saturated rings. The molecule has 4 nitrogen and oxygen atoms in total. The van der Waals surface area contributed by atoms with Crippen molar-refractivity contribution >= 4 is 23.0 Å². The molecule has 2 heterocycles. The molecule has 0 atom stereocenters. The normalized spacial score (nSPS) is 14.3. The van der Waals surface area contributed by atoms with Gasteiger partial charge in [-0.3, -0.25) is 9.36 Å². The Bertz CT molecular complexity index is 1140. The van der Waals surface area contributed by atoms with E-state index in [4.69, 9.17) is 0 Å². The van der Waals surface area contributed by atoms with E-state index in [2.05, 4.69) is 69.4 Å². The number of anilines is 1. The predicted octanol–water partition coefficient (Wildman–Crippen LogP) is 4.52. The molecule has 144 valence electrons. The lowest BCUT2D eigenvalue weighted by Gasteiger charge is -2.31. The molecule has 0 saturated carbocycles. The molecule has 1 aromatic heterocycles. The molecule has 0 radical (unpaired) electrons. The van der Waals surface area contributed by atoms with Gasteiger partial charge in [-0.05, 0) is 29.3 Å². The zero-order chi connectivity index (χ0) is 19.6. The number of nitrogens with zero attached hydrogens (tertiary/aromatic N) is 2. The Balaban J connectivity index is 1.68. The van der Waals surface area contributed by atoms with Gasteiger partial charge in [-0.15, -0.1) is 0 Å². The number of carbonyl (C=O) groups is 1. The summed E-state index contributed by atoms with van der Waals surface area (Å²) < 4.78 is 2.24. The zero-order valence-corrected chi connectivity index (χ0v) is 16.2. The van der Waals surface area contributed by atoms with Gasteiger partial charge in [-0.1, -0.05) is 60.7 Å². The van der Waals surface area contributed by atoms with Crippen molar-refractivity contribution in [3.8, 4) is 16.8 Å². The molecule has 5 rings (SSSR count). The van der Waals surface area contributed by atoms with Crippen molar-refractivity contribution in [1.82, 2.24) is 9.88 Å². The van der Waals surface area contributed by atoms with E-state index in [1.165, 1.54) is 11.1 Å². The third kappa shape index (κ3) is 3.12. The van der Waals surface area contributed by atoms with Crippen molar-refractivity contribution in [1.29, 1.82) is 0 Å². The van der Waals surface area contributed by atoms with E-state index in [1.807, 2.05) is 24.3 Å². The van der Waals surface area contributed by atoms with Gasteiger partial charge in [-0.25, -0.2) is 0 Å². The van der Waals surface area contributed by atoms with Crippen molar-refractivity contribution < 1.29 is 4.79 Å². The fraction of sp³-hybridized carbons (Fsp3) is 0.160. The molecule has 1 aliphatic rings. The lowest BCUT2D eigenvalue weighted by Crippen LogP contribution is -2.44. The first-order chi connectivity index (χ1) is 14.4. The summed E-state index contributed by atoms with van der Waals surface area (Å²) in [7, 11) is 0. The number of fused-ring (bicyclic) bond motifs is 1. The molecule has 29 heavy (non-hydrogen) atoms. The molecule has 4 aromatic rings. The minimum Gasteiger partial charge on any atom is -0.355 e. The van der Waals surface area contributed by atoms with Gasteiger partial charge >= 0.3 is 0 Å². The van der Waals surface area contributed by atoms with Crippen molar-refractivity contribution in [2.24, 2.45) is 0 Å². The van der Waals surface area contributed by atoms with Crippen LogP contribution in [0.3, 0.4) is 0 Å². The van der Waals surface area contributed by atoms with Gasteiger partial charge in [0.2, 0.25) is 0 Å². The highest BCUT2D eigenvalue weighted by Crippen LogP contribution is 2.35. The van der Waals surface area contributed by atoms with Crippen LogP contribution in [-0.4, -0.2) is 37.0 Å². The number of aldehydes is 1. The Morgan fingerprint density at radius 3 is 2.14 bits per heavy atom. The molecule has 0 spiro atoms. The van der Waals surface area contributed by atoms with E-state index in [0.29, 0.717) is 0 Å². The molecule has 1 aliphatic heterocycles. The quantitative estimate of drug-likeness (QED) is 0.528. The van der Waals surface area contributed by atoms with Crippen LogP contribution in [0.5, 0.6) is 0 Å². The predicted molar refractivity (Wildman–Crippen MR) is 119 cm³/mol. The average Bonchev–Trinajstić information content (AvgIpc) is 3.15. The van der Waals surface area contributed by atoms with Crippen molar-refractivity contribution in [3.05, 3.63) is 84.4 Å². The average molecular weight is 381 g/mol. The molecule has 3 aromatic carbocycles. The molecule has 0 aliphatic carbocycles. The molecule has 0 bridgehead atoms. The van der Waals surface area contributed by atoms with Gasteiger partial charge < -0.3 is 10.2 Å². The standard InChI is InChI=1S/C25H23N3O/c29-18-23-22-8-4-5-9-24(22)28(25(23)27-16-14-26-15-17-27)21-12-10-20(11-13-21)19-6-2-1-3-7-19/h1-13,18,26H,14-17H2. The second-order valence-corrected chi connectivity index (χ2v) is 7.36. The molecule has 0 unspecified atom stereocenters. The Kier molecular flexibility index (Phi) is 4.62. The lowest BCUT2D eigenvalue weighted by atomic mass is 10.1. The smallest absolute Gasteiger partial charge is 0.154 e. The van der Waals surface area contributed by atoms with E-state index in [9.17, 15) is 4.79 Å². The SMILES string of the molecule is O=Cc1c(N2CCNCC2)n(-c2ccc(-c3ccccc3)cc2)c2ccccc12. The third-order valence-electron chi connectivity index (χ3n) is 5.65. The van der Waals surface area contributed by atoms with Crippen LogP contribution in [0.2, 0.25) is 0 Å². The highest BCUT2D eigenvalue weighted by molar-refractivity contribution is 6.05. The van der Waals surface area contributed by atoms with E-state index in [0.717, 1.165) is 60.4 Å². The minimum absolute atomic E-state index is 0.773. The molecule has 1 N–H and O–H groups in total. The number of hydrogen-bond donors (Lipinski definition) is 1. The summed E-state index contributed by atoms with van der Waals surface area (Å²) in [6, 6.07) is 27.2. The van der Waals surface area contributed by atoms with E-state index < -0.39 is 0 Å². The van der Waals surface area contributed by atoms with Gasteiger partial charge in [0, 0.05) is 37.3 Å². The number of rotatable bonds is 4. The Labute approximate surface area is 170 Å². The third-order valence-corrected chi connectivity index (χ3v) is 5.65. The highest BCUT2D eigenvalue weighted by atomic mass is 16.1. The second kappa shape index (κ2) is 7.57. The summed E-state index contributed by atoms with van der Waals surface area (Å²) in [5.41, 5.74) is 5.30. The van der Waals surface area contributed by atoms with E-state index in [-0.39, 0.29) is 0 Å². The molecule has 4 heteroatoms. The van der Waals surface area contributed by atoms with Crippen LogP contribution in [0, 0.1) is 0 Å². The van der Waals surface area contributed by atoms with Crippen molar-refractivity contribution in [2.45, 2.75) is 0 Å². The molecule has 0 amide bonds. The summed E-state index contributed by atoms with van der Waals surface area (Å²) in [5.74, 6) is 0.996. The number of para-hydroxylation sites is 1. The maximum absolute atomic E-state index is 12.1. The van der Waals surface area contributed by atoms with Gasteiger partial charge in [0.1, 0.15) is 5.82 Å². The lowest BCUT2D eigenvalue weighted by molar-refractivity contribution is 0.112. The summed E-state index contributed by atoms with van der Waals surface area (Å²) in [4.78, 5) is 14.4. The van der Waals surface area contributed by atoms with Crippen LogP contribution in [0.1, 0.15) is 10.4 Å². The number of hydrogen-bond acceptors (Lipinski definition) is 3. The second-order valence-electron chi connectivity index (χ2n) is 7.36. The first kappa shape index (κ1) is 17.7.